The smallest absolute Gasteiger partial charge is 0.312 e. The van der Waals surface area contributed by atoms with Crippen LogP contribution in [0.1, 0.15) is 51.5 Å². The number of aliphatic hydroxyl groups excluding tert-OH is 1. The molecule has 7 atom stereocenters. The Labute approximate surface area is 230 Å². The van der Waals surface area contributed by atoms with E-state index in [1.807, 2.05) is 66.5 Å². The van der Waals surface area contributed by atoms with Crippen LogP contribution < -0.4 is 0 Å². The first-order chi connectivity index (χ1) is 18.9. The summed E-state index contributed by atoms with van der Waals surface area (Å²) in [6.07, 6.45) is 11.5. The molecule has 2 amide bonds. The molecule has 1 aromatic rings. The van der Waals surface area contributed by atoms with E-state index in [-0.39, 0.29) is 24.5 Å². The van der Waals surface area contributed by atoms with E-state index < -0.39 is 41.6 Å². The van der Waals surface area contributed by atoms with Crippen LogP contribution in [0.15, 0.2) is 54.6 Å². The van der Waals surface area contributed by atoms with E-state index in [0.29, 0.717) is 19.6 Å². The number of fused-ring (bicyclic) bond motifs is 2. The molecular weight excluding hydrogens is 496 g/mol. The van der Waals surface area contributed by atoms with Crippen molar-refractivity contribution in [2.45, 2.75) is 82.2 Å². The third kappa shape index (κ3) is 4.93. The standard InChI is InChI=1S/C31H40N2O6/c1-3-12-21(2)32-17-11-16-31-26(25-24(39-31)15-9-4-5-10-18-38-30(25)37)28(35)33(27(31)29(32)36)23(20-34)19-22-13-7-6-8-14-22/h6-9,11,13-16,21,23-27,34H,3-5,10,12,17-20H2,1-2H3/b15-9-/t21?,23-,24-,25+,26+,27?,31+/m1/s1. The second-order valence-electron chi connectivity index (χ2n) is 11.2. The molecule has 8 heteroatoms. The Hall–Kier alpha value is -2.97. The average molecular weight is 537 g/mol. The largest absolute Gasteiger partial charge is 0.465 e. The Morgan fingerprint density at radius 1 is 1.10 bits per heavy atom. The molecule has 210 valence electrons. The number of hydrogen-bond donors (Lipinski definition) is 1. The van der Waals surface area contributed by atoms with Crippen molar-refractivity contribution in [1.82, 2.24) is 9.80 Å². The first-order valence-corrected chi connectivity index (χ1v) is 14.4. The normalized spacial score (nSPS) is 33.1. The molecule has 2 fully saturated rings. The van der Waals surface area contributed by atoms with E-state index in [2.05, 4.69) is 6.92 Å². The highest BCUT2D eigenvalue weighted by Gasteiger charge is 2.72. The van der Waals surface area contributed by atoms with E-state index in [9.17, 15) is 19.5 Å². The molecule has 0 bridgehead atoms. The van der Waals surface area contributed by atoms with Gasteiger partial charge in [0.05, 0.1) is 31.3 Å². The van der Waals surface area contributed by atoms with Gasteiger partial charge < -0.3 is 24.4 Å². The summed E-state index contributed by atoms with van der Waals surface area (Å²) in [6, 6.07) is 7.95. The Balaban J connectivity index is 1.61. The number of carbonyl (C=O) groups is 3. The molecule has 2 unspecified atom stereocenters. The zero-order valence-electron chi connectivity index (χ0n) is 22.9. The third-order valence-electron chi connectivity index (χ3n) is 8.73. The monoisotopic (exact) mass is 536 g/mol. The molecule has 0 saturated carbocycles. The van der Waals surface area contributed by atoms with E-state index in [1.165, 1.54) is 4.90 Å². The summed E-state index contributed by atoms with van der Waals surface area (Å²) >= 11 is 0. The van der Waals surface area contributed by atoms with Crippen LogP contribution in [0.4, 0.5) is 0 Å². The summed E-state index contributed by atoms with van der Waals surface area (Å²) in [5, 5.41) is 10.6. The molecule has 0 aromatic heterocycles. The molecule has 1 N–H and O–H groups in total. The Morgan fingerprint density at radius 2 is 1.90 bits per heavy atom. The lowest BCUT2D eigenvalue weighted by Gasteiger charge is -2.40. The van der Waals surface area contributed by atoms with Crippen LogP contribution in [-0.4, -0.2) is 82.3 Å². The molecular formula is C31H40N2O6. The molecule has 4 aliphatic rings. The Bertz CT molecular complexity index is 1120. The number of benzene rings is 1. The molecule has 0 radical (unpaired) electrons. The van der Waals surface area contributed by atoms with Crippen LogP contribution in [0.5, 0.6) is 0 Å². The second kappa shape index (κ2) is 11.6. The highest BCUT2D eigenvalue weighted by Crippen LogP contribution is 2.53. The van der Waals surface area contributed by atoms with Gasteiger partial charge in [0.25, 0.3) is 0 Å². The van der Waals surface area contributed by atoms with Gasteiger partial charge in [-0.25, -0.2) is 0 Å². The second-order valence-corrected chi connectivity index (χ2v) is 11.2. The number of hydrogen-bond acceptors (Lipinski definition) is 6. The molecule has 0 aliphatic carbocycles. The number of allylic oxidation sites excluding steroid dienone is 1. The molecule has 1 spiro atoms. The van der Waals surface area contributed by atoms with E-state index >= 15 is 0 Å². The van der Waals surface area contributed by atoms with E-state index in [1.54, 1.807) is 0 Å². The lowest BCUT2D eigenvalue weighted by Crippen LogP contribution is -2.59. The van der Waals surface area contributed by atoms with Crippen LogP contribution >= 0.6 is 0 Å². The SMILES string of the molecule is CCCC(C)N1CC=C[C@]23O[C@@H]4/C=C\CCCCOC(=O)[C@@H]4[C@H]2C(=O)N([C@@H](CO)Cc2ccccc2)C3C1=O. The van der Waals surface area contributed by atoms with E-state index in [0.717, 1.165) is 37.7 Å². The quantitative estimate of drug-likeness (QED) is 0.425. The summed E-state index contributed by atoms with van der Waals surface area (Å²) in [6.45, 7) is 4.48. The van der Waals surface area contributed by atoms with Crippen molar-refractivity contribution < 1.29 is 29.0 Å². The van der Waals surface area contributed by atoms with Gasteiger partial charge in [-0.3, -0.25) is 14.4 Å². The lowest BCUT2D eigenvalue weighted by molar-refractivity contribution is -0.156. The Morgan fingerprint density at radius 3 is 2.64 bits per heavy atom. The van der Waals surface area contributed by atoms with Gasteiger partial charge >= 0.3 is 5.97 Å². The topological polar surface area (TPSA) is 96.4 Å². The molecule has 5 rings (SSSR count). The maximum Gasteiger partial charge on any atom is 0.312 e. The highest BCUT2D eigenvalue weighted by molar-refractivity contribution is 5.99. The predicted octanol–water partition coefficient (Wildman–Crippen LogP) is 3.04. The van der Waals surface area contributed by atoms with E-state index in [4.69, 9.17) is 9.47 Å². The molecule has 2 saturated heterocycles. The molecule has 1 aromatic carbocycles. The molecule has 4 heterocycles. The van der Waals surface area contributed by atoms with Crippen molar-refractivity contribution in [2.24, 2.45) is 11.8 Å². The van der Waals surface area contributed by atoms with Gasteiger partial charge in [0, 0.05) is 12.6 Å². The maximum absolute atomic E-state index is 14.4. The number of cyclic esters (lactones) is 1. The van der Waals surface area contributed by atoms with Crippen LogP contribution in [0.2, 0.25) is 0 Å². The summed E-state index contributed by atoms with van der Waals surface area (Å²) in [7, 11) is 0. The Kier molecular flexibility index (Phi) is 8.24. The van der Waals surface area contributed by atoms with Gasteiger partial charge in [0.2, 0.25) is 11.8 Å². The summed E-state index contributed by atoms with van der Waals surface area (Å²) in [5.41, 5.74) is -0.380. The molecule has 4 aliphatic heterocycles. The molecule has 39 heavy (non-hydrogen) atoms. The zero-order valence-corrected chi connectivity index (χ0v) is 22.9. The van der Waals surface area contributed by atoms with Gasteiger partial charge in [0.15, 0.2) is 0 Å². The van der Waals surface area contributed by atoms with Crippen LogP contribution in [-0.2, 0) is 30.3 Å². The van der Waals surface area contributed by atoms with Gasteiger partial charge in [-0.05, 0) is 44.6 Å². The number of ether oxygens (including phenoxy) is 2. The lowest BCUT2D eigenvalue weighted by atomic mass is 9.77. The number of likely N-dealkylation sites (tertiary alicyclic amines) is 1. The first kappa shape index (κ1) is 27.6. The number of carbonyl (C=O) groups excluding carboxylic acids is 3. The summed E-state index contributed by atoms with van der Waals surface area (Å²) in [5.74, 6) is -2.80. The zero-order chi connectivity index (χ0) is 27.6. The minimum Gasteiger partial charge on any atom is -0.465 e. The highest BCUT2D eigenvalue weighted by atomic mass is 16.6. The fourth-order valence-electron chi connectivity index (χ4n) is 6.87. The number of rotatable bonds is 7. The van der Waals surface area contributed by atoms with Crippen molar-refractivity contribution in [1.29, 1.82) is 0 Å². The summed E-state index contributed by atoms with van der Waals surface area (Å²) < 4.78 is 12.3. The maximum atomic E-state index is 14.4. The minimum atomic E-state index is -1.33. The number of aliphatic hydroxyl groups is 1. The number of amides is 2. The van der Waals surface area contributed by atoms with Crippen molar-refractivity contribution in [2.75, 3.05) is 19.8 Å². The predicted molar refractivity (Wildman–Crippen MR) is 145 cm³/mol. The van der Waals surface area contributed by atoms with Crippen molar-refractivity contribution >= 4 is 17.8 Å². The van der Waals surface area contributed by atoms with Gasteiger partial charge in [0.1, 0.15) is 17.6 Å². The van der Waals surface area contributed by atoms with Gasteiger partial charge in [-0.15, -0.1) is 0 Å². The summed E-state index contributed by atoms with van der Waals surface area (Å²) in [4.78, 5) is 45.7. The minimum absolute atomic E-state index is 0.0352. The van der Waals surface area contributed by atoms with Crippen LogP contribution in [0.3, 0.4) is 0 Å². The average Bonchev–Trinajstić information content (AvgIpc) is 3.32. The third-order valence-corrected chi connectivity index (χ3v) is 8.73. The fraction of sp³-hybridized carbons (Fsp3) is 0.581. The van der Waals surface area contributed by atoms with Gasteiger partial charge in [-0.1, -0.05) is 68.0 Å². The van der Waals surface area contributed by atoms with Crippen molar-refractivity contribution in [3.63, 3.8) is 0 Å². The fourth-order valence-corrected chi connectivity index (χ4v) is 6.87. The van der Waals surface area contributed by atoms with Crippen LogP contribution in [0.25, 0.3) is 0 Å². The number of nitrogens with zero attached hydrogens (tertiary/aromatic N) is 2. The van der Waals surface area contributed by atoms with Crippen molar-refractivity contribution in [3.05, 3.63) is 60.2 Å². The molecule has 8 nitrogen and oxygen atoms in total. The van der Waals surface area contributed by atoms with Gasteiger partial charge in [-0.2, -0.15) is 0 Å². The van der Waals surface area contributed by atoms with Crippen molar-refractivity contribution in [3.8, 4) is 0 Å². The first-order valence-electron chi connectivity index (χ1n) is 14.4. The van der Waals surface area contributed by atoms with Crippen LogP contribution in [0, 0.1) is 11.8 Å². The number of esters is 1.